The number of sulfonamides is 1. The van der Waals surface area contributed by atoms with E-state index in [1.165, 1.54) is 33.4 Å². The highest BCUT2D eigenvalue weighted by Gasteiger charge is 2.25. The van der Waals surface area contributed by atoms with Gasteiger partial charge in [-0.05, 0) is 26.3 Å². The van der Waals surface area contributed by atoms with E-state index in [4.69, 9.17) is 9.47 Å². The summed E-state index contributed by atoms with van der Waals surface area (Å²) in [5, 5.41) is 2.84. The molecule has 0 bridgehead atoms. The van der Waals surface area contributed by atoms with Crippen molar-refractivity contribution in [2.45, 2.75) is 33.2 Å². The molecule has 0 aromatic heterocycles. The Morgan fingerprint density at radius 3 is 2.21 bits per heavy atom. The Labute approximate surface area is 144 Å². The van der Waals surface area contributed by atoms with Crippen molar-refractivity contribution in [3.05, 3.63) is 17.7 Å². The molecule has 1 aromatic carbocycles. The fourth-order valence-electron chi connectivity index (χ4n) is 2.06. The molecule has 7 nitrogen and oxygen atoms in total. The topological polar surface area (TPSA) is 84.9 Å². The highest BCUT2D eigenvalue weighted by molar-refractivity contribution is 7.92. The molecule has 1 unspecified atom stereocenters. The van der Waals surface area contributed by atoms with Crippen molar-refractivity contribution in [3.8, 4) is 11.5 Å². The number of ether oxygens (including phenoxy) is 2. The van der Waals surface area contributed by atoms with Crippen molar-refractivity contribution in [1.29, 1.82) is 0 Å². The molecule has 0 radical (unpaired) electrons. The van der Waals surface area contributed by atoms with Crippen molar-refractivity contribution in [2.75, 3.05) is 31.3 Å². The molecule has 8 heteroatoms. The Hall–Kier alpha value is -1.96. The Bertz CT molecular complexity index is 688. The lowest BCUT2D eigenvalue weighted by molar-refractivity contribution is 0.0939. The first-order chi connectivity index (χ1) is 11.2. The molecular weight excluding hydrogens is 332 g/mol. The summed E-state index contributed by atoms with van der Waals surface area (Å²) >= 11 is 0. The Kier molecular flexibility index (Phi) is 6.89. The van der Waals surface area contributed by atoms with E-state index in [1.807, 2.05) is 13.8 Å². The summed E-state index contributed by atoms with van der Waals surface area (Å²) in [6.07, 6.45) is 0.761. The van der Waals surface area contributed by atoms with Crippen LogP contribution in [-0.2, 0) is 10.0 Å². The van der Waals surface area contributed by atoms with Gasteiger partial charge in [0.05, 0.1) is 31.2 Å². The van der Waals surface area contributed by atoms with E-state index in [0.717, 1.165) is 10.7 Å². The lowest BCUT2D eigenvalue weighted by Crippen LogP contribution is -2.35. The zero-order valence-electron chi connectivity index (χ0n) is 15.0. The predicted molar refractivity (Wildman–Crippen MR) is 94.6 cm³/mol. The van der Waals surface area contributed by atoms with Crippen LogP contribution in [0.3, 0.4) is 0 Å². The maximum Gasteiger partial charge on any atom is 0.253 e. The number of benzene rings is 1. The summed E-state index contributed by atoms with van der Waals surface area (Å²) in [4.78, 5) is 12.6. The third-order valence-corrected chi connectivity index (χ3v) is 5.62. The van der Waals surface area contributed by atoms with Crippen molar-refractivity contribution < 1.29 is 22.7 Å². The zero-order chi connectivity index (χ0) is 18.5. The molecule has 0 aliphatic heterocycles. The van der Waals surface area contributed by atoms with Crippen LogP contribution in [0.5, 0.6) is 11.5 Å². The highest BCUT2D eigenvalue weighted by Crippen LogP contribution is 2.35. The van der Waals surface area contributed by atoms with Crippen molar-refractivity contribution >= 4 is 21.6 Å². The molecule has 1 aromatic rings. The number of methoxy groups -OCH3 is 2. The fraction of sp³-hybridized carbons (Fsp3) is 0.562. The van der Waals surface area contributed by atoms with E-state index in [0.29, 0.717) is 11.5 Å². The minimum atomic E-state index is -3.53. The van der Waals surface area contributed by atoms with Gasteiger partial charge < -0.3 is 14.8 Å². The van der Waals surface area contributed by atoms with E-state index >= 15 is 0 Å². The average Bonchev–Trinajstić information content (AvgIpc) is 2.59. The first-order valence-electron chi connectivity index (χ1n) is 7.75. The number of hydrogen-bond donors (Lipinski definition) is 1. The van der Waals surface area contributed by atoms with Gasteiger partial charge in [-0.25, -0.2) is 8.42 Å². The second kappa shape index (κ2) is 8.23. The average molecular weight is 358 g/mol. The van der Waals surface area contributed by atoms with Crippen LogP contribution in [-0.4, -0.2) is 47.4 Å². The molecule has 24 heavy (non-hydrogen) atoms. The van der Waals surface area contributed by atoms with Gasteiger partial charge in [0, 0.05) is 19.2 Å². The normalized spacial score (nSPS) is 12.4. The van der Waals surface area contributed by atoms with Crippen molar-refractivity contribution in [1.82, 2.24) is 5.32 Å². The van der Waals surface area contributed by atoms with Gasteiger partial charge in [0.25, 0.3) is 5.91 Å². The highest BCUT2D eigenvalue weighted by atomic mass is 32.2. The first-order valence-corrected chi connectivity index (χ1v) is 9.36. The number of anilines is 1. The number of amides is 1. The summed E-state index contributed by atoms with van der Waals surface area (Å²) in [6, 6.07) is 2.96. The molecule has 0 saturated heterocycles. The molecule has 0 heterocycles. The smallest absolute Gasteiger partial charge is 0.253 e. The standard InChI is InChI=1S/C16H26N2O5S/c1-7-11(3)17-16(19)12-9-14(22-5)15(23-6)10-13(12)18(4)24(20,21)8-2/h9-11H,7-8H2,1-6H3,(H,17,19). The van der Waals surface area contributed by atoms with Gasteiger partial charge >= 0.3 is 0 Å². The first kappa shape index (κ1) is 20.1. The molecular formula is C16H26N2O5S. The van der Waals surface area contributed by atoms with Crippen LogP contribution in [0.25, 0.3) is 0 Å². The van der Waals surface area contributed by atoms with Gasteiger partial charge in [0.15, 0.2) is 11.5 Å². The Morgan fingerprint density at radius 1 is 1.21 bits per heavy atom. The van der Waals surface area contributed by atoms with E-state index < -0.39 is 10.0 Å². The summed E-state index contributed by atoms with van der Waals surface area (Å²) in [7, 11) is 0.800. The molecule has 136 valence electrons. The number of hydrogen-bond acceptors (Lipinski definition) is 5. The van der Waals surface area contributed by atoms with Crippen LogP contribution in [0.4, 0.5) is 5.69 Å². The summed E-state index contributed by atoms with van der Waals surface area (Å²) in [6.45, 7) is 5.38. The molecule has 0 aliphatic carbocycles. The largest absolute Gasteiger partial charge is 0.493 e. The van der Waals surface area contributed by atoms with Crippen molar-refractivity contribution in [3.63, 3.8) is 0 Å². The van der Waals surface area contributed by atoms with Gasteiger partial charge in [0.1, 0.15) is 0 Å². The second-order valence-electron chi connectivity index (χ2n) is 5.38. The number of rotatable bonds is 8. The van der Waals surface area contributed by atoms with Gasteiger partial charge in [-0.1, -0.05) is 6.92 Å². The van der Waals surface area contributed by atoms with E-state index in [1.54, 1.807) is 6.92 Å². The van der Waals surface area contributed by atoms with Crippen LogP contribution in [0.2, 0.25) is 0 Å². The molecule has 1 N–H and O–H groups in total. The SMILES string of the molecule is CCC(C)NC(=O)c1cc(OC)c(OC)cc1N(C)S(=O)(=O)CC. The lowest BCUT2D eigenvalue weighted by atomic mass is 10.1. The number of nitrogens with one attached hydrogen (secondary N) is 1. The fourth-order valence-corrected chi connectivity index (χ4v) is 2.90. The molecule has 0 saturated carbocycles. The van der Waals surface area contributed by atoms with Crippen LogP contribution in [0, 0.1) is 0 Å². The predicted octanol–water partition coefficient (Wildman–Crippen LogP) is 2.02. The number of nitrogens with zero attached hydrogens (tertiary/aromatic N) is 1. The molecule has 1 atom stereocenters. The van der Waals surface area contributed by atoms with E-state index in [9.17, 15) is 13.2 Å². The van der Waals surface area contributed by atoms with Gasteiger partial charge in [-0.15, -0.1) is 0 Å². The maximum absolute atomic E-state index is 12.6. The Morgan fingerprint density at radius 2 is 1.75 bits per heavy atom. The monoisotopic (exact) mass is 358 g/mol. The quantitative estimate of drug-likeness (QED) is 0.768. The van der Waals surface area contributed by atoms with Crippen LogP contribution in [0.1, 0.15) is 37.6 Å². The van der Waals surface area contributed by atoms with E-state index in [2.05, 4.69) is 5.32 Å². The van der Waals surface area contributed by atoms with Crippen LogP contribution < -0.4 is 19.1 Å². The van der Waals surface area contributed by atoms with Gasteiger partial charge in [-0.3, -0.25) is 9.10 Å². The lowest BCUT2D eigenvalue weighted by Gasteiger charge is -2.23. The molecule has 1 rings (SSSR count). The third-order valence-electron chi connectivity index (χ3n) is 3.86. The molecule has 1 amide bonds. The number of carbonyl (C=O) groups excluding carboxylic acids is 1. The zero-order valence-corrected chi connectivity index (χ0v) is 15.9. The van der Waals surface area contributed by atoms with Gasteiger partial charge in [0.2, 0.25) is 10.0 Å². The van der Waals surface area contributed by atoms with E-state index in [-0.39, 0.29) is 29.0 Å². The summed E-state index contributed by atoms with van der Waals surface area (Å²) in [5.74, 6) is 0.270. The third kappa shape index (κ3) is 4.31. The maximum atomic E-state index is 12.6. The van der Waals surface area contributed by atoms with Crippen LogP contribution >= 0.6 is 0 Å². The summed E-state index contributed by atoms with van der Waals surface area (Å²) < 4.78 is 36.0. The van der Waals surface area contributed by atoms with Crippen LogP contribution in [0.15, 0.2) is 12.1 Å². The summed E-state index contributed by atoms with van der Waals surface area (Å²) in [5.41, 5.74) is 0.461. The minimum absolute atomic E-state index is 0.0356. The van der Waals surface area contributed by atoms with Crippen molar-refractivity contribution in [2.24, 2.45) is 0 Å². The minimum Gasteiger partial charge on any atom is -0.493 e. The molecule has 0 spiro atoms. The number of carbonyl (C=O) groups is 1. The van der Waals surface area contributed by atoms with Gasteiger partial charge in [-0.2, -0.15) is 0 Å². The second-order valence-corrected chi connectivity index (χ2v) is 7.66. The Balaban J connectivity index is 3.51. The molecule has 0 fully saturated rings. The molecule has 0 aliphatic rings.